The Bertz CT molecular complexity index is 801. The maximum Gasteiger partial charge on any atom is 0.407 e. The Morgan fingerprint density at radius 1 is 1.03 bits per heavy atom. The molecule has 32 heavy (non-hydrogen) atoms. The molecular formula is C23H33N3O6. The monoisotopic (exact) mass is 447 g/mol. The second-order valence-corrected chi connectivity index (χ2v) is 8.70. The van der Waals surface area contributed by atoms with Crippen molar-refractivity contribution in [2.24, 2.45) is 0 Å². The number of carbonyl (C=O) groups excluding carboxylic acids is 4. The lowest BCUT2D eigenvalue weighted by molar-refractivity contribution is -0.134. The van der Waals surface area contributed by atoms with Gasteiger partial charge in [0.25, 0.3) is 5.91 Å². The molecule has 1 atom stereocenters. The average Bonchev–Trinajstić information content (AvgIpc) is 2.71. The van der Waals surface area contributed by atoms with Crippen LogP contribution in [0.4, 0.5) is 4.79 Å². The molecule has 1 aromatic rings. The number of ether oxygens (including phenoxy) is 2. The van der Waals surface area contributed by atoms with Gasteiger partial charge in [0, 0.05) is 19.5 Å². The Hall–Kier alpha value is -3.10. The lowest BCUT2D eigenvalue weighted by atomic mass is 9.90. The Morgan fingerprint density at radius 3 is 2.31 bits per heavy atom. The molecule has 0 bridgehead atoms. The minimum atomic E-state index is -0.508. The van der Waals surface area contributed by atoms with E-state index in [1.807, 2.05) is 20.8 Å². The van der Waals surface area contributed by atoms with E-state index in [0.717, 1.165) is 24.8 Å². The molecule has 1 aromatic carbocycles. The summed E-state index contributed by atoms with van der Waals surface area (Å²) in [5.74, 6) is -0.551. The number of benzene rings is 1. The van der Waals surface area contributed by atoms with Crippen molar-refractivity contribution < 1.29 is 28.7 Å². The van der Waals surface area contributed by atoms with Crippen LogP contribution in [0.5, 0.6) is 5.75 Å². The van der Waals surface area contributed by atoms with Crippen LogP contribution < -0.4 is 20.7 Å². The molecule has 0 saturated carbocycles. The SMILES string of the molecule is CC(C)(C)OC(=O)NCCCCCNC(=O)COc1ccc(C2CCC(=O)NC2=O)cc1. The second kappa shape index (κ2) is 12.1. The van der Waals surface area contributed by atoms with E-state index in [1.54, 1.807) is 24.3 Å². The van der Waals surface area contributed by atoms with Crippen molar-refractivity contribution in [3.63, 3.8) is 0 Å². The Kier molecular flexibility index (Phi) is 9.49. The van der Waals surface area contributed by atoms with E-state index < -0.39 is 11.7 Å². The highest BCUT2D eigenvalue weighted by atomic mass is 16.6. The van der Waals surface area contributed by atoms with Gasteiger partial charge in [-0.2, -0.15) is 0 Å². The van der Waals surface area contributed by atoms with Gasteiger partial charge >= 0.3 is 6.09 Å². The zero-order chi connectivity index (χ0) is 23.6. The van der Waals surface area contributed by atoms with Gasteiger partial charge in [-0.15, -0.1) is 0 Å². The molecule has 1 fully saturated rings. The number of hydrogen-bond donors (Lipinski definition) is 3. The Morgan fingerprint density at radius 2 is 1.69 bits per heavy atom. The summed E-state index contributed by atoms with van der Waals surface area (Å²) in [7, 11) is 0. The van der Waals surface area contributed by atoms with Crippen LogP contribution in [0.2, 0.25) is 0 Å². The summed E-state index contributed by atoms with van der Waals surface area (Å²) in [5.41, 5.74) is 0.305. The third kappa shape index (κ3) is 9.36. The first-order valence-electron chi connectivity index (χ1n) is 10.9. The smallest absolute Gasteiger partial charge is 0.407 e. The van der Waals surface area contributed by atoms with Crippen LogP contribution in [0.25, 0.3) is 0 Å². The number of nitrogens with one attached hydrogen (secondary N) is 3. The van der Waals surface area contributed by atoms with E-state index in [4.69, 9.17) is 9.47 Å². The van der Waals surface area contributed by atoms with Gasteiger partial charge in [0.2, 0.25) is 11.8 Å². The van der Waals surface area contributed by atoms with Crippen molar-refractivity contribution in [3.05, 3.63) is 29.8 Å². The molecule has 0 aromatic heterocycles. The number of carbonyl (C=O) groups is 4. The number of piperidine rings is 1. The molecule has 1 heterocycles. The van der Waals surface area contributed by atoms with Crippen LogP contribution in [0.3, 0.4) is 0 Å². The molecule has 3 N–H and O–H groups in total. The average molecular weight is 448 g/mol. The van der Waals surface area contributed by atoms with Crippen molar-refractivity contribution in [2.45, 2.75) is 64.4 Å². The van der Waals surface area contributed by atoms with Gasteiger partial charge in [0.1, 0.15) is 11.4 Å². The van der Waals surface area contributed by atoms with Gasteiger partial charge in [-0.25, -0.2) is 4.79 Å². The molecular weight excluding hydrogens is 414 g/mol. The molecule has 1 saturated heterocycles. The summed E-state index contributed by atoms with van der Waals surface area (Å²) in [6.45, 7) is 6.41. The third-order valence-electron chi connectivity index (χ3n) is 4.74. The number of hydrogen-bond acceptors (Lipinski definition) is 6. The Labute approximate surface area is 188 Å². The molecule has 4 amide bonds. The fourth-order valence-corrected chi connectivity index (χ4v) is 3.17. The zero-order valence-corrected chi connectivity index (χ0v) is 19.0. The molecule has 9 nitrogen and oxygen atoms in total. The molecule has 2 rings (SSSR count). The molecule has 1 aliphatic rings. The molecule has 1 unspecified atom stereocenters. The maximum absolute atomic E-state index is 11.9. The number of imide groups is 1. The van der Waals surface area contributed by atoms with Crippen molar-refractivity contribution in [1.29, 1.82) is 0 Å². The van der Waals surface area contributed by atoms with Crippen LogP contribution in [-0.2, 0) is 19.1 Å². The summed E-state index contributed by atoms with van der Waals surface area (Å²) in [4.78, 5) is 46.6. The summed E-state index contributed by atoms with van der Waals surface area (Å²) < 4.78 is 10.6. The van der Waals surface area contributed by atoms with Gasteiger partial charge in [-0.05, 0) is 64.2 Å². The van der Waals surface area contributed by atoms with Gasteiger partial charge < -0.3 is 20.1 Å². The largest absolute Gasteiger partial charge is 0.484 e. The van der Waals surface area contributed by atoms with Crippen molar-refractivity contribution in [3.8, 4) is 5.75 Å². The quantitative estimate of drug-likeness (QED) is 0.374. The third-order valence-corrected chi connectivity index (χ3v) is 4.74. The van der Waals surface area contributed by atoms with E-state index in [0.29, 0.717) is 31.7 Å². The topological polar surface area (TPSA) is 123 Å². The minimum Gasteiger partial charge on any atom is -0.484 e. The number of alkyl carbamates (subject to hydrolysis) is 1. The van der Waals surface area contributed by atoms with E-state index >= 15 is 0 Å². The van der Waals surface area contributed by atoms with E-state index in [-0.39, 0.29) is 30.2 Å². The summed E-state index contributed by atoms with van der Waals surface area (Å²) in [5, 5.41) is 7.84. The van der Waals surface area contributed by atoms with Crippen LogP contribution in [0, 0.1) is 0 Å². The van der Waals surface area contributed by atoms with Gasteiger partial charge in [-0.1, -0.05) is 12.1 Å². The zero-order valence-electron chi connectivity index (χ0n) is 19.0. The van der Waals surface area contributed by atoms with Gasteiger partial charge in [-0.3, -0.25) is 19.7 Å². The van der Waals surface area contributed by atoms with Crippen LogP contribution in [0.1, 0.15) is 64.4 Å². The predicted molar refractivity (Wildman–Crippen MR) is 118 cm³/mol. The lowest BCUT2D eigenvalue weighted by Crippen LogP contribution is -2.39. The molecule has 1 aliphatic heterocycles. The summed E-state index contributed by atoms with van der Waals surface area (Å²) in [6.07, 6.45) is 2.85. The lowest BCUT2D eigenvalue weighted by Gasteiger charge is -2.21. The predicted octanol–water partition coefficient (Wildman–Crippen LogP) is 2.40. The second-order valence-electron chi connectivity index (χ2n) is 8.70. The first kappa shape index (κ1) is 25.2. The fraction of sp³-hybridized carbons (Fsp3) is 0.565. The van der Waals surface area contributed by atoms with E-state index in [9.17, 15) is 19.2 Å². The maximum atomic E-state index is 11.9. The van der Waals surface area contributed by atoms with Crippen molar-refractivity contribution >= 4 is 23.8 Å². The highest BCUT2D eigenvalue weighted by Crippen LogP contribution is 2.26. The fourth-order valence-electron chi connectivity index (χ4n) is 3.17. The van der Waals surface area contributed by atoms with Gasteiger partial charge in [0.05, 0.1) is 5.92 Å². The minimum absolute atomic E-state index is 0.0992. The van der Waals surface area contributed by atoms with Gasteiger partial charge in [0.15, 0.2) is 6.61 Å². The van der Waals surface area contributed by atoms with Crippen LogP contribution in [-0.4, -0.2) is 49.1 Å². The first-order chi connectivity index (χ1) is 15.1. The number of unbranched alkanes of at least 4 members (excludes halogenated alkanes) is 2. The highest BCUT2D eigenvalue weighted by molar-refractivity contribution is 6.00. The molecule has 0 spiro atoms. The van der Waals surface area contributed by atoms with Crippen molar-refractivity contribution in [1.82, 2.24) is 16.0 Å². The Balaban J connectivity index is 1.56. The van der Waals surface area contributed by atoms with Crippen LogP contribution >= 0.6 is 0 Å². The molecule has 176 valence electrons. The number of rotatable bonds is 10. The van der Waals surface area contributed by atoms with Crippen LogP contribution in [0.15, 0.2) is 24.3 Å². The van der Waals surface area contributed by atoms with Crippen molar-refractivity contribution in [2.75, 3.05) is 19.7 Å². The molecule has 0 radical (unpaired) electrons. The number of amides is 4. The first-order valence-corrected chi connectivity index (χ1v) is 10.9. The molecule has 9 heteroatoms. The van der Waals surface area contributed by atoms with E-state index in [2.05, 4.69) is 16.0 Å². The standard InChI is InChI=1S/C23H33N3O6/c1-23(2,3)32-22(30)25-14-6-4-5-13-24-20(28)15-31-17-9-7-16(8-10-17)18-11-12-19(27)26-21(18)29/h7-10,18H,4-6,11-15H2,1-3H3,(H,24,28)(H,25,30)(H,26,27,29). The normalized spacial score (nSPS) is 16.2. The summed E-state index contributed by atoms with van der Waals surface area (Å²) >= 11 is 0. The van der Waals surface area contributed by atoms with E-state index in [1.165, 1.54) is 0 Å². The summed E-state index contributed by atoms with van der Waals surface area (Å²) in [6, 6.07) is 6.98. The highest BCUT2D eigenvalue weighted by Gasteiger charge is 2.27. The molecule has 0 aliphatic carbocycles.